The second-order valence-electron chi connectivity index (χ2n) is 2.97. The van der Waals surface area contributed by atoms with E-state index in [0.29, 0.717) is 5.92 Å². The highest BCUT2D eigenvalue weighted by atomic mass is 16.3. The van der Waals surface area contributed by atoms with Crippen molar-refractivity contribution in [2.75, 3.05) is 13.1 Å². The predicted octanol–water partition coefficient (Wildman–Crippen LogP) is -0.269. The largest absolute Gasteiger partial charge is 0.388 e. The summed E-state index contributed by atoms with van der Waals surface area (Å²) in [4.78, 5) is 0. The van der Waals surface area contributed by atoms with Gasteiger partial charge in [-0.1, -0.05) is 0 Å². The molecule has 0 aromatic rings. The van der Waals surface area contributed by atoms with Crippen LogP contribution in [0.15, 0.2) is 0 Å². The van der Waals surface area contributed by atoms with E-state index in [4.69, 9.17) is 0 Å². The van der Waals surface area contributed by atoms with Gasteiger partial charge in [-0.25, -0.2) is 0 Å². The quantitative estimate of drug-likeness (QED) is 0.453. The SMILES string of the molecule is O[C@]12CNCCC1C2. The van der Waals surface area contributed by atoms with Gasteiger partial charge in [-0.15, -0.1) is 0 Å². The number of nitrogens with one attached hydrogen (secondary N) is 1. The number of fused-ring (bicyclic) bond motifs is 1. The topological polar surface area (TPSA) is 32.3 Å². The van der Waals surface area contributed by atoms with Crippen LogP contribution in [0.1, 0.15) is 12.8 Å². The van der Waals surface area contributed by atoms with Gasteiger partial charge in [0.05, 0.1) is 5.60 Å². The Bertz CT molecular complexity index is 113. The van der Waals surface area contributed by atoms with Gasteiger partial charge in [-0.3, -0.25) is 0 Å². The van der Waals surface area contributed by atoms with E-state index >= 15 is 0 Å². The van der Waals surface area contributed by atoms with Crippen LogP contribution in [0, 0.1) is 5.92 Å². The molecule has 8 heavy (non-hydrogen) atoms. The fraction of sp³-hybridized carbons (Fsp3) is 1.00. The van der Waals surface area contributed by atoms with E-state index in [2.05, 4.69) is 5.32 Å². The fourth-order valence-electron chi connectivity index (χ4n) is 1.54. The molecule has 2 rings (SSSR count). The molecule has 0 aromatic heterocycles. The van der Waals surface area contributed by atoms with E-state index in [9.17, 15) is 5.11 Å². The summed E-state index contributed by atoms with van der Waals surface area (Å²) < 4.78 is 0. The molecule has 0 amide bonds. The van der Waals surface area contributed by atoms with E-state index in [0.717, 1.165) is 19.5 Å². The Kier molecular flexibility index (Phi) is 0.746. The lowest BCUT2D eigenvalue weighted by Crippen LogP contribution is -2.35. The number of aliphatic hydroxyl groups is 1. The van der Waals surface area contributed by atoms with Crippen molar-refractivity contribution in [2.45, 2.75) is 18.4 Å². The number of piperidine rings is 1. The van der Waals surface area contributed by atoms with Crippen molar-refractivity contribution in [2.24, 2.45) is 5.92 Å². The van der Waals surface area contributed by atoms with Gasteiger partial charge in [0, 0.05) is 6.54 Å². The molecule has 0 spiro atoms. The standard InChI is InChI=1S/C6H11NO/c8-6-3-5(6)1-2-7-4-6/h5,7-8H,1-4H2/t5?,6-/m1/s1. The highest BCUT2D eigenvalue weighted by molar-refractivity contribution is 5.07. The average Bonchev–Trinajstić information content (AvgIpc) is 2.39. The highest BCUT2D eigenvalue weighted by Crippen LogP contribution is 2.46. The Labute approximate surface area is 48.9 Å². The average molecular weight is 113 g/mol. The molecule has 2 nitrogen and oxygen atoms in total. The van der Waals surface area contributed by atoms with Crippen LogP contribution in [0.2, 0.25) is 0 Å². The van der Waals surface area contributed by atoms with Crippen molar-refractivity contribution in [3.8, 4) is 0 Å². The molecule has 1 saturated carbocycles. The van der Waals surface area contributed by atoms with Gasteiger partial charge in [0.1, 0.15) is 0 Å². The van der Waals surface area contributed by atoms with Crippen LogP contribution in [0.4, 0.5) is 0 Å². The molecule has 2 heteroatoms. The first-order valence-corrected chi connectivity index (χ1v) is 3.24. The Hall–Kier alpha value is -0.0800. The van der Waals surface area contributed by atoms with E-state index in [1.54, 1.807) is 0 Å². The van der Waals surface area contributed by atoms with Crippen molar-refractivity contribution in [3.63, 3.8) is 0 Å². The summed E-state index contributed by atoms with van der Waals surface area (Å²) in [5.41, 5.74) is -0.266. The molecule has 1 saturated heterocycles. The third kappa shape index (κ3) is 0.501. The highest BCUT2D eigenvalue weighted by Gasteiger charge is 2.53. The molecular formula is C6H11NO. The zero-order valence-corrected chi connectivity index (χ0v) is 4.85. The number of rotatable bonds is 0. The summed E-state index contributed by atoms with van der Waals surface area (Å²) in [5.74, 6) is 0.642. The van der Waals surface area contributed by atoms with E-state index in [1.165, 1.54) is 6.42 Å². The summed E-state index contributed by atoms with van der Waals surface area (Å²) in [6.45, 7) is 1.94. The Morgan fingerprint density at radius 1 is 1.62 bits per heavy atom. The van der Waals surface area contributed by atoms with Crippen molar-refractivity contribution in [1.82, 2.24) is 5.32 Å². The van der Waals surface area contributed by atoms with Gasteiger partial charge < -0.3 is 10.4 Å². The normalized spacial score (nSPS) is 52.9. The molecule has 0 radical (unpaired) electrons. The van der Waals surface area contributed by atoms with Crippen molar-refractivity contribution in [1.29, 1.82) is 0 Å². The lowest BCUT2D eigenvalue weighted by molar-refractivity contribution is 0.114. The van der Waals surface area contributed by atoms with Gasteiger partial charge in [0.25, 0.3) is 0 Å². The minimum absolute atomic E-state index is 0.266. The Morgan fingerprint density at radius 2 is 2.50 bits per heavy atom. The Morgan fingerprint density at radius 3 is 3.00 bits per heavy atom. The first-order chi connectivity index (χ1) is 3.81. The van der Waals surface area contributed by atoms with E-state index in [1.807, 2.05) is 0 Å². The van der Waals surface area contributed by atoms with Crippen molar-refractivity contribution in [3.05, 3.63) is 0 Å². The Balaban J connectivity index is 2.04. The van der Waals surface area contributed by atoms with E-state index in [-0.39, 0.29) is 5.60 Å². The monoisotopic (exact) mass is 113 g/mol. The lowest BCUT2D eigenvalue weighted by Gasteiger charge is -2.16. The summed E-state index contributed by atoms with van der Waals surface area (Å²) in [6, 6.07) is 0. The van der Waals surface area contributed by atoms with Crippen LogP contribution in [0.3, 0.4) is 0 Å². The maximum absolute atomic E-state index is 9.39. The van der Waals surface area contributed by atoms with Crippen LogP contribution in [0.25, 0.3) is 0 Å². The van der Waals surface area contributed by atoms with Crippen LogP contribution < -0.4 is 5.32 Å². The number of hydrogen-bond donors (Lipinski definition) is 2. The van der Waals surface area contributed by atoms with Gasteiger partial charge in [-0.05, 0) is 25.3 Å². The van der Waals surface area contributed by atoms with Gasteiger partial charge in [-0.2, -0.15) is 0 Å². The summed E-state index contributed by atoms with van der Waals surface area (Å²) >= 11 is 0. The molecule has 1 heterocycles. The predicted molar refractivity (Wildman–Crippen MR) is 30.5 cm³/mol. The molecule has 2 aliphatic rings. The smallest absolute Gasteiger partial charge is 0.0804 e. The molecule has 1 aliphatic carbocycles. The van der Waals surface area contributed by atoms with Gasteiger partial charge >= 0.3 is 0 Å². The van der Waals surface area contributed by atoms with Crippen LogP contribution >= 0.6 is 0 Å². The maximum Gasteiger partial charge on any atom is 0.0804 e. The minimum atomic E-state index is -0.266. The lowest BCUT2D eigenvalue weighted by atomic mass is 10.1. The molecule has 2 atom stereocenters. The molecule has 46 valence electrons. The van der Waals surface area contributed by atoms with Gasteiger partial charge in [0.15, 0.2) is 0 Å². The summed E-state index contributed by atoms with van der Waals surface area (Å²) in [5, 5.41) is 12.6. The van der Waals surface area contributed by atoms with Crippen molar-refractivity contribution >= 4 is 0 Å². The molecule has 0 aromatic carbocycles. The van der Waals surface area contributed by atoms with Crippen molar-refractivity contribution < 1.29 is 5.11 Å². The number of β-amino-alcohol motifs (C(OH)–C–C–N with tert-alkyl or cyclic N) is 1. The minimum Gasteiger partial charge on any atom is -0.388 e. The molecular weight excluding hydrogens is 102 g/mol. The van der Waals surface area contributed by atoms with Crippen LogP contribution in [-0.2, 0) is 0 Å². The third-order valence-electron chi connectivity index (χ3n) is 2.30. The molecule has 1 unspecified atom stereocenters. The van der Waals surface area contributed by atoms with E-state index < -0.39 is 0 Å². The third-order valence-corrected chi connectivity index (χ3v) is 2.30. The van der Waals surface area contributed by atoms with Gasteiger partial charge in [0.2, 0.25) is 0 Å². The van der Waals surface area contributed by atoms with Crippen LogP contribution in [-0.4, -0.2) is 23.8 Å². The molecule has 2 N–H and O–H groups in total. The molecule has 2 fully saturated rings. The molecule has 1 aliphatic heterocycles. The second kappa shape index (κ2) is 1.25. The second-order valence-corrected chi connectivity index (χ2v) is 2.97. The number of hydrogen-bond acceptors (Lipinski definition) is 2. The first-order valence-electron chi connectivity index (χ1n) is 3.24. The summed E-state index contributed by atoms with van der Waals surface area (Å²) in [6.07, 6.45) is 2.22. The molecule has 0 bridgehead atoms. The first kappa shape index (κ1) is 4.77. The van der Waals surface area contributed by atoms with Crippen LogP contribution in [0.5, 0.6) is 0 Å². The zero-order valence-electron chi connectivity index (χ0n) is 4.85. The summed E-state index contributed by atoms with van der Waals surface area (Å²) in [7, 11) is 0. The maximum atomic E-state index is 9.39. The zero-order chi connectivity index (χ0) is 5.61. The fourth-order valence-corrected chi connectivity index (χ4v) is 1.54.